The number of aromatic nitrogens is 1. The fourth-order valence-corrected chi connectivity index (χ4v) is 3.04. The molecule has 1 saturated heterocycles. The number of nitro groups is 1. The van der Waals surface area contributed by atoms with Gasteiger partial charge in [-0.25, -0.2) is 0 Å². The highest BCUT2D eigenvalue weighted by Crippen LogP contribution is 2.37. The number of anilines is 1. The van der Waals surface area contributed by atoms with Crippen LogP contribution in [0.15, 0.2) is 16.9 Å². The molecule has 0 amide bonds. The van der Waals surface area contributed by atoms with Crippen LogP contribution in [-0.4, -0.2) is 34.2 Å². The van der Waals surface area contributed by atoms with E-state index < -0.39 is 4.92 Å². The highest BCUT2D eigenvalue weighted by molar-refractivity contribution is 9.10. The molecule has 1 atom stereocenters. The van der Waals surface area contributed by atoms with E-state index in [2.05, 4.69) is 20.9 Å². The van der Waals surface area contributed by atoms with Crippen molar-refractivity contribution in [3.63, 3.8) is 0 Å². The highest BCUT2D eigenvalue weighted by atomic mass is 79.9. The molecule has 104 valence electrons. The van der Waals surface area contributed by atoms with E-state index in [0.29, 0.717) is 23.2 Å². The van der Waals surface area contributed by atoms with Crippen molar-refractivity contribution in [3.8, 4) is 0 Å². The van der Waals surface area contributed by atoms with E-state index in [1.54, 1.807) is 13.1 Å². The predicted octanol–water partition coefficient (Wildman–Crippen LogP) is 2.35. The summed E-state index contributed by atoms with van der Waals surface area (Å²) in [6, 6.07) is 0. The van der Waals surface area contributed by atoms with E-state index in [0.717, 1.165) is 12.8 Å². The smallest absolute Gasteiger partial charge is 0.311 e. The fourth-order valence-electron chi connectivity index (χ4n) is 2.47. The van der Waals surface area contributed by atoms with Gasteiger partial charge in [0, 0.05) is 19.3 Å². The van der Waals surface area contributed by atoms with E-state index in [-0.39, 0.29) is 17.7 Å². The monoisotopic (exact) mass is 329 g/mol. The van der Waals surface area contributed by atoms with Crippen LogP contribution in [0.4, 0.5) is 11.4 Å². The molecule has 1 aromatic heterocycles. The van der Waals surface area contributed by atoms with Crippen LogP contribution in [0.5, 0.6) is 0 Å². The van der Waals surface area contributed by atoms with Crippen molar-refractivity contribution < 1.29 is 10.0 Å². The Morgan fingerprint density at radius 3 is 2.68 bits per heavy atom. The van der Waals surface area contributed by atoms with Gasteiger partial charge < -0.3 is 10.0 Å². The third-order valence-corrected chi connectivity index (χ3v) is 4.17. The molecule has 0 aliphatic carbocycles. The summed E-state index contributed by atoms with van der Waals surface area (Å²) < 4.78 is 0.636. The van der Waals surface area contributed by atoms with Gasteiger partial charge in [-0.05, 0) is 41.6 Å². The third kappa shape index (κ3) is 3.03. The lowest BCUT2D eigenvalue weighted by molar-refractivity contribution is -0.384. The van der Waals surface area contributed by atoms with Crippen LogP contribution >= 0.6 is 15.9 Å². The lowest BCUT2D eigenvalue weighted by Crippen LogP contribution is -2.37. The minimum absolute atomic E-state index is 0.0184. The van der Waals surface area contributed by atoms with Crippen molar-refractivity contribution in [2.45, 2.75) is 25.9 Å². The Morgan fingerprint density at radius 1 is 1.53 bits per heavy atom. The van der Waals surface area contributed by atoms with Crippen molar-refractivity contribution in [2.75, 3.05) is 18.0 Å². The number of halogens is 1. The third-order valence-electron chi connectivity index (χ3n) is 3.59. The second kappa shape index (κ2) is 5.83. The second-order valence-electron chi connectivity index (χ2n) is 4.81. The number of aliphatic hydroxyl groups excluding tert-OH is 1. The van der Waals surface area contributed by atoms with Crippen LogP contribution < -0.4 is 4.90 Å². The average Bonchev–Trinajstić information content (AvgIpc) is 2.38. The van der Waals surface area contributed by atoms with Crippen molar-refractivity contribution in [2.24, 2.45) is 5.92 Å². The van der Waals surface area contributed by atoms with Crippen LogP contribution in [0.1, 0.15) is 19.8 Å². The van der Waals surface area contributed by atoms with E-state index in [4.69, 9.17) is 0 Å². The lowest BCUT2D eigenvalue weighted by Gasteiger charge is -2.34. The molecule has 2 heterocycles. The standard InChI is InChI=1S/C12H16BrN3O3/c1-8(17)9-2-4-15(5-3-9)12-10(13)6-14-7-11(12)16(18)19/h6-9,17H,2-5H2,1H3. The highest BCUT2D eigenvalue weighted by Gasteiger charge is 2.28. The zero-order valence-corrected chi connectivity index (χ0v) is 12.2. The first-order valence-corrected chi connectivity index (χ1v) is 7.01. The van der Waals surface area contributed by atoms with Gasteiger partial charge in [0.2, 0.25) is 0 Å². The minimum Gasteiger partial charge on any atom is -0.393 e. The van der Waals surface area contributed by atoms with Gasteiger partial charge in [0.25, 0.3) is 0 Å². The molecule has 19 heavy (non-hydrogen) atoms. The molecular weight excluding hydrogens is 314 g/mol. The zero-order valence-electron chi connectivity index (χ0n) is 10.6. The quantitative estimate of drug-likeness (QED) is 0.680. The molecule has 7 heteroatoms. The summed E-state index contributed by atoms with van der Waals surface area (Å²) >= 11 is 3.34. The van der Waals surface area contributed by atoms with Crippen molar-refractivity contribution in [3.05, 3.63) is 27.0 Å². The topological polar surface area (TPSA) is 79.5 Å². The average molecular weight is 330 g/mol. The van der Waals surface area contributed by atoms with E-state index in [1.807, 2.05) is 4.90 Å². The van der Waals surface area contributed by atoms with Crippen molar-refractivity contribution in [1.82, 2.24) is 4.98 Å². The molecule has 0 radical (unpaired) electrons. The molecule has 1 aromatic rings. The van der Waals surface area contributed by atoms with E-state index in [1.165, 1.54) is 6.20 Å². The molecule has 0 bridgehead atoms. The summed E-state index contributed by atoms with van der Waals surface area (Å²) in [5.41, 5.74) is 0.605. The summed E-state index contributed by atoms with van der Waals surface area (Å²) in [5.74, 6) is 0.274. The van der Waals surface area contributed by atoms with Gasteiger partial charge in [0.15, 0.2) is 0 Å². The summed E-state index contributed by atoms with van der Waals surface area (Å²) in [7, 11) is 0. The van der Waals surface area contributed by atoms with Crippen molar-refractivity contribution >= 4 is 27.3 Å². The molecule has 1 unspecified atom stereocenters. The molecule has 0 aromatic carbocycles. The van der Waals surface area contributed by atoms with Gasteiger partial charge in [-0.1, -0.05) is 0 Å². The Balaban J connectivity index is 2.22. The van der Waals surface area contributed by atoms with Crippen LogP contribution in [-0.2, 0) is 0 Å². The summed E-state index contributed by atoms with van der Waals surface area (Å²) in [6.07, 6.45) is 4.20. The number of pyridine rings is 1. The first kappa shape index (κ1) is 14.2. The molecular formula is C12H16BrN3O3. The number of rotatable bonds is 3. The molecule has 6 nitrogen and oxygen atoms in total. The fraction of sp³-hybridized carbons (Fsp3) is 0.583. The number of hydrogen-bond acceptors (Lipinski definition) is 5. The molecule has 1 fully saturated rings. The minimum atomic E-state index is -0.409. The molecule has 0 saturated carbocycles. The largest absolute Gasteiger partial charge is 0.393 e. The van der Waals surface area contributed by atoms with E-state index >= 15 is 0 Å². The normalized spacial score (nSPS) is 18.4. The Kier molecular flexibility index (Phi) is 4.36. The predicted molar refractivity (Wildman–Crippen MR) is 75.2 cm³/mol. The van der Waals surface area contributed by atoms with Gasteiger partial charge in [-0.2, -0.15) is 0 Å². The van der Waals surface area contributed by atoms with Gasteiger partial charge in [-0.15, -0.1) is 0 Å². The van der Waals surface area contributed by atoms with E-state index in [9.17, 15) is 15.2 Å². The first-order valence-electron chi connectivity index (χ1n) is 6.21. The van der Waals surface area contributed by atoms with Crippen LogP contribution in [0.2, 0.25) is 0 Å². The second-order valence-corrected chi connectivity index (χ2v) is 5.67. The molecule has 1 N–H and O–H groups in total. The zero-order chi connectivity index (χ0) is 14.0. The summed E-state index contributed by atoms with van der Waals surface area (Å²) in [4.78, 5) is 16.5. The molecule has 2 rings (SSSR count). The Morgan fingerprint density at radius 2 is 2.16 bits per heavy atom. The summed E-state index contributed by atoms with van der Waals surface area (Å²) in [6.45, 7) is 3.21. The van der Waals surface area contributed by atoms with Crippen LogP contribution in [0.25, 0.3) is 0 Å². The van der Waals surface area contributed by atoms with Gasteiger partial charge >= 0.3 is 5.69 Å². The number of nitrogens with zero attached hydrogens (tertiary/aromatic N) is 3. The molecule has 0 spiro atoms. The molecule has 1 aliphatic rings. The number of hydrogen-bond donors (Lipinski definition) is 1. The van der Waals surface area contributed by atoms with Crippen LogP contribution in [0.3, 0.4) is 0 Å². The molecule has 1 aliphatic heterocycles. The van der Waals surface area contributed by atoms with Gasteiger partial charge in [-0.3, -0.25) is 15.1 Å². The lowest BCUT2D eigenvalue weighted by atomic mass is 9.92. The maximum atomic E-state index is 11.1. The maximum Gasteiger partial charge on any atom is 0.311 e. The van der Waals surface area contributed by atoms with Gasteiger partial charge in [0.1, 0.15) is 11.9 Å². The first-order chi connectivity index (χ1) is 9.00. The maximum absolute atomic E-state index is 11.1. The van der Waals surface area contributed by atoms with Gasteiger partial charge in [0.05, 0.1) is 15.5 Å². The van der Waals surface area contributed by atoms with Crippen molar-refractivity contribution in [1.29, 1.82) is 0 Å². The summed E-state index contributed by atoms with van der Waals surface area (Å²) in [5, 5.41) is 20.7. The SMILES string of the molecule is CC(O)C1CCN(c2c(Br)cncc2[N+](=O)[O-])CC1. The Bertz CT molecular complexity index is 473. The Labute approximate surface area is 119 Å². The number of aliphatic hydroxyl groups is 1. The van der Waals surface area contributed by atoms with Crippen LogP contribution in [0, 0.1) is 16.0 Å². The Hall–Kier alpha value is -1.21. The number of piperidine rings is 1.